The number of anilines is 1. The van der Waals surface area contributed by atoms with Crippen LogP contribution < -0.4 is 15.2 Å². The molecule has 2 aromatic carbocycles. The summed E-state index contributed by atoms with van der Waals surface area (Å²) in [6.45, 7) is 0. The number of hydrogen-bond donors (Lipinski definition) is 1. The number of rotatable bonds is 3. The minimum absolute atomic E-state index is 0.0575. The van der Waals surface area contributed by atoms with Crippen molar-refractivity contribution in [2.75, 3.05) is 12.8 Å². The van der Waals surface area contributed by atoms with Gasteiger partial charge in [0.05, 0.1) is 26.8 Å². The molecule has 106 valence electrons. The maximum atomic E-state index is 13.2. The molecule has 0 atom stereocenters. The van der Waals surface area contributed by atoms with Crippen molar-refractivity contribution in [3.05, 3.63) is 44.1 Å². The van der Waals surface area contributed by atoms with Crippen LogP contribution in [-0.2, 0) is 0 Å². The van der Waals surface area contributed by atoms with Gasteiger partial charge in [0.1, 0.15) is 17.3 Å². The molecule has 0 heterocycles. The Morgan fingerprint density at radius 3 is 2.30 bits per heavy atom. The first-order valence-corrected chi connectivity index (χ1v) is 7.34. The van der Waals surface area contributed by atoms with Gasteiger partial charge >= 0.3 is 0 Å². The second-order valence-electron chi connectivity index (χ2n) is 3.82. The van der Waals surface area contributed by atoms with Gasteiger partial charge in [-0.15, -0.1) is 0 Å². The lowest BCUT2D eigenvalue weighted by molar-refractivity contribution is 0.409. The zero-order valence-corrected chi connectivity index (χ0v) is 14.1. The second kappa shape index (κ2) is 6.20. The maximum absolute atomic E-state index is 13.2. The maximum Gasteiger partial charge on any atom is 0.152 e. The van der Waals surface area contributed by atoms with Gasteiger partial charge in [-0.3, -0.25) is 0 Å². The van der Waals surface area contributed by atoms with Crippen LogP contribution in [0.2, 0.25) is 5.02 Å². The third-order valence-electron chi connectivity index (χ3n) is 2.48. The summed E-state index contributed by atoms with van der Waals surface area (Å²) in [7, 11) is 1.56. The summed E-state index contributed by atoms with van der Waals surface area (Å²) in [5.41, 5.74) is 5.87. The molecule has 0 unspecified atom stereocenters. The molecule has 0 radical (unpaired) electrons. The highest BCUT2D eigenvalue weighted by molar-refractivity contribution is 9.11. The van der Waals surface area contributed by atoms with Crippen molar-refractivity contribution >= 4 is 49.1 Å². The predicted octanol–water partition coefficient (Wildman–Crippen LogP) is 5.39. The monoisotopic (exact) mass is 423 g/mol. The molecule has 0 aromatic heterocycles. The van der Waals surface area contributed by atoms with E-state index in [4.69, 9.17) is 26.8 Å². The van der Waals surface area contributed by atoms with E-state index in [1.165, 1.54) is 6.07 Å². The Bertz CT molecular complexity index is 667. The zero-order valence-electron chi connectivity index (χ0n) is 10.2. The van der Waals surface area contributed by atoms with Gasteiger partial charge in [0.25, 0.3) is 0 Å². The summed E-state index contributed by atoms with van der Waals surface area (Å²) < 4.78 is 25.4. The van der Waals surface area contributed by atoms with Crippen molar-refractivity contribution in [2.45, 2.75) is 0 Å². The molecule has 0 aliphatic rings. The van der Waals surface area contributed by atoms with Crippen molar-refractivity contribution in [3.63, 3.8) is 0 Å². The SMILES string of the molecule is COc1cc(Br)c(Oc2cc(Cl)c(F)cc2N)cc1Br. The molecule has 2 rings (SSSR count). The van der Waals surface area contributed by atoms with Crippen LogP contribution in [0.3, 0.4) is 0 Å². The van der Waals surface area contributed by atoms with Crippen molar-refractivity contribution in [1.29, 1.82) is 0 Å². The molecule has 2 N–H and O–H groups in total. The van der Waals surface area contributed by atoms with E-state index in [1.54, 1.807) is 19.2 Å². The number of halogens is 4. The Labute approximate surface area is 137 Å². The minimum atomic E-state index is -0.591. The summed E-state index contributed by atoms with van der Waals surface area (Å²) in [4.78, 5) is 0. The standard InChI is InChI=1S/C13H9Br2ClFNO2/c1-19-11-2-7(15)12(3-6(11)14)20-13-4-8(16)9(17)5-10(13)18/h2-5H,18H2,1H3. The first-order chi connectivity index (χ1) is 9.42. The summed E-state index contributed by atoms with van der Waals surface area (Å²) in [5.74, 6) is 0.821. The van der Waals surface area contributed by atoms with Gasteiger partial charge in [0.2, 0.25) is 0 Å². The van der Waals surface area contributed by atoms with Gasteiger partial charge in [0, 0.05) is 12.1 Å². The van der Waals surface area contributed by atoms with Gasteiger partial charge in [0.15, 0.2) is 5.75 Å². The van der Waals surface area contributed by atoms with Crippen LogP contribution in [0.15, 0.2) is 33.2 Å². The first-order valence-electron chi connectivity index (χ1n) is 5.37. The Morgan fingerprint density at radius 1 is 1.05 bits per heavy atom. The Hall–Kier alpha value is -0.980. The van der Waals surface area contributed by atoms with E-state index in [0.29, 0.717) is 20.4 Å². The highest BCUT2D eigenvalue weighted by atomic mass is 79.9. The lowest BCUT2D eigenvalue weighted by Crippen LogP contribution is -1.95. The molecule has 3 nitrogen and oxygen atoms in total. The van der Waals surface area contributed by atoms with Crippen LogP contribution >= 0.6 is 43.5 Å². The van der Waals surface area contributed by atoms with E-state index in [-0.39, 0.29) is 16.5 Å². The van der Waals surface area contributed by atoms with Gasteiger partial charge in [-0.1, -0.05) is 11.6 Å². The third-order valence-corrected chi connectivity index (χ3v) is 4.01. The topological polar surface area (TPSA) is 44.5 Å². The van der Waals surface area contributed by atoms with Crippen LogP contribution in [0, 0.1) is 5.82 Å². The molecule has 0 aliphatic carbocycles. The average Bonchev–Trinajstić information content (AvgIpc) is 2.39. The van der Waals surface area contributed by atoms with E-state index < -0.39 is 5.82 Å². The number of hydrogen-bond acceptors (Lipinski definition) is 3. The fourth-order valence-corrected chi connectivity index (χ4v) is 2.54. The third kappa shape index (κ3) is 3.19. The molecule has 7 heteroatoms. The number of ether oxygens (including phenoxy) is 2. The number of nitrogen functional groups attached to an aromatic ring is 1. The largest absolute Gasteiger partial charge is 0.496 e. The second-order valence-corrected chi connectivity index (χ2v) is 5.94. The van der Waals surface area contributed by atoms with Crippen molar-refractivity contribution in [1.82, 2.24) is 0 Å². The molecular weight excluding hydrogens is 416 g/mol. The van der Waals surface area contributed by atoms with Crippen LogP contribution in [0.25, 0.3) is 0 Å². The van der Waals surface area contributed by atoms with E-state index in [1.807, 2.05) is 0 Å². The smallest absolute Gasteiger partial charge is 0.152 e. The highest BCUT2D eigenvalue weighted by Gasteiger charge is 2.12. The Balaban J connectivity index is 2.40. The molecule has 0 saturated heterocycles. The van der Waals surface area contributed by atoms with Gasteiger partial charge in [-0.05, 0) is 44.0 Å². The van der Waals surface area contributed by atoms with E-state index in [0.717, 1.165) is 6.07 Å². The molecule has 0 amide bonds. The Morgan fingerprint density at radius 2 is 1.65 bits per heavy atom. The van der Waals surface area contributed by atoms with Crippen LogP contribution in [0.5, 0.6) is 17.2 Å². The first kappa shape index (κ1) is 15.4. The minimum Gasteiger partial charge on any atom is -0.496 e. The van der Waals surface area contributed by atoms with Crippen molar-refractivity contribution in [2.24, 2.45) is 0 Å². The van der Waals surface area contributed by atoms with Gasteiger partial charge in [-0.25, -0.2) is 4.39 Å². The van der Waals surface area contributed by atoms with E-state index in [2.05, 4.69) is 31.9 Å². The number of nitrogens with two attached hydrogens (primary N) is 1. The number of benzene rings is 2. The molecule has 20 heavy (non-hydrogen) atoms. The van der Waals surface area contributed by atoms with Crippen molar-refractivity contribution in [3.8, 4) is 17.2 Å². The molecule has 0 spiro atoms. The fourth-order valence-electron chi connectivity index (χ4n) is 1.50. The highest BCUT2D eigenvalue weighted by Crippen LogP contribution is 2.40. The van der Waals surface area contributed by atoms with E-state index in [9.17, 15) is 4.39 Å². The average molecular weight is 425 g/mol. The fraction of sp³-hybridized carbons (Fsp3) is 0.0769. The van der Waals surface area contributed by atoms with Crippen LogP contribution in [0.4, 0.5) is 10.1 Å². The van der Waals surface area contributed by atoms with Crippen molar-refractivity contribution < 1.29 is 13.9 Å². The zero-order chi connectivity index (χ0) is 14.9. The number of methoxy groups -OCH3 is 1. The quantitative estimate of drug-likeness (QED) is 0.671. The lowest BCUT2D eigenvalue weighted by atomic mass is 10.3. The summed E-state index contributed by atoms with van der Waals surface area (Å²) in [5, 5.41) is -0.0575. The normalized spacial score (nSPS) is 10.4. The van der Waals surface area contributed by atoms with Crippen LogP contribution in [-0.4, -0.2) is 7.11 Å². The van der Waals surface area contributed by atoms with Gasteiger partial charge in [-0.2, -0.15) is 0 Å². The lowest BCUT2D eigenvalue weighted by Gasteiger charge is -2.13. The molecule has 0 saturated carbocycles. The molecule has 0 fully saturated rings. The molecular formula is C13H9Br2ClFNO2. The Kier molecular flexibility index (Phi) is 4.78. The summed E-state index contributed by atoms with van der Waals surface area (Å²) in [6, 6.07) is 5.89. The molecule has 2 aromatic rings. The summed E-state index contributed by atoms with van der Waals surface area (Å²) >= 11 is 12.4. The van der Waals surface area contributed by atoms with Gasteiger partial charge < -0.3 is 15.2 Å². The summed E-state index contributed by atoms with van der Waals surface area (Å²) in [6.07, 6.45) is 0. The van der Waals surface area contributed by atoms with Crippen LogP contribution in [0.1, 0.15) is 0 Å². The van der Waals surface area contributed by atoms with E-state index >= 15 is 0 Å². The molecule has 0 aliphatic heterocycles. The predicted molar refractivity (Wildman–Crippen MR) is 84.3 cm³/mol. The molecule has 0 bridgehead atoms.